The van der Waals surface area contributed by atoms with Crippen molar-refractivity contribution in [2.75, 3.05) is 14.2 Å². The zero-order valence-corrected chi connectivity index (χ0v) is 16.7. The third-order valence-electron chi connectivity index (χ3n) is 3.89. The van der Waals surface area contributed by atoms with E-state index in [1.165, 1.54) is 20.1 Å². The van der Waals surface area contributed by atoms with E-state index >= 15 is 0 Å². The van der Waals surface area contributed by atoms with Crippen molar-refractivity contribution in [1.82, 2.24) is 5.32 Å². The van der Waals surface area contributed by atoms with E-state index in [1.807, 2.05) is 18.2 Å². The second kappa shape index (κ2) is 10.4. The van der Waals surface area contributed by atoms with Crippen molar-refractivity contribution < 1.29 is 23.8 Å². The average Bonchev–Trinajstić information content (AvgIpc) is 2.71. The van der Waals surface area contributed by atoms with Crippen LogP contribution in [-0.4, -0.2) is 32.2 Å². The molecule has 0 saturated carbocycles. The molecule has 2 rings (SSSR count). The summed E-state index contributed by atoms with van der Waals surface area (Å²) in [5.74, 6) is 0.0966. The van der Waals surface area contributed by atoms with Crippen LogP contribution in [0.2, 0.25) is 5.02 Å². The number of carbonyl (C=O) groups excluding carboxylic acids is 2. The Morgan fingerprint density at radius 2 is 1.82 bits per heavy atom. The minimum absolute atomic E-state index is 0.252. The molecule has 0 aromatic heterocycles. The number of hydrogen-bond acceptors (Lipinski definition) is 5. The van der Waals surface area contributed by atoms with Crippen molar-refractivity contribution in [3.05, 3.63) is 64.7 Å². The Morgan fingerprint density at radius 1 is 1.11 bits per heavy atom. The SMILES string of the molecule is COc1ccc(/C=C/C(=O)OC(C)C(=O)NCc2ccccc2Cl)cc1OC. The van der Waals surface area contributed by atoms with E-state index < -0.39 is 18.0 Å². The molecule has 0 fully saturated rings. The van der Waals surface area contributed by atoms with Gasteiger partial charge in [-0.3, -0.25) is 4.79 Å². The first-order valence-corrected chi connectivity index (χ1v) is 8.94. The summed E-state index contributed by atoms with van der Waals surface area (Å²) in [6.45, 7) is 1.76. The highest BCUT2D eigenvalue weighted by atomic mass is 35.5. The van der Waals surface area contributed by atoms with Crippen LogP contribution < -0.4 is 14.8 Å². The zero-order chi connectivity index (χ0) is 20.5. The quantitative estimate of drug-likeness (QED) is 0.538. The Morgan fingerprint density at radius 3 is 2.50 bits per heavy atom. The Labute approximate surface area is 169 Å². The van der Waals surface area contributed by atoms with E-state index in [4.69, 9.17) is 25.8 Å². The van der Waals surface area contributed by atoms with Crippen molar-refractivity contribution in [2.45, 2.75) is 19.6 Å². The second-order valence-electron chi connectivity index (χ2n) is 5.84. The molecule has 2 aromatic carbocycles. The monoisotopic (exact) mass is 403 g/mol. The third-order valence-corrected chi connectivity index (χ3v) is 4.26. The van der Waals surface area contributed by atoms with Gasteiger partial charge < -0.3 is 19.5 Å². The summed E-state index contributed by atoms with van der Waals surface area (Å²) in [6, 6.07) is 12.4. The van der Waals surface area contributed by atoms with Crippen LogP contribution in [0.4, 0.5) is 0 Å². The highest BCUT2D eigenvalue weighted by molar-refractivity contribution is 6.31. The maximum absolute atomic E-state index is 12.1. The molecule has 0 spiro atoms. The Bertz CT molecular complexity index is 866. The van der Waals surface area contributed by atoms with E-state index in [0.717, 1.165) is 11.1 Å². The lowest BCUT2D eigenvalue weighted by atomic mass is 10.2. The smallest absolute Gasteiger partial charge is 0.331 e. The van der Waals surface area contributed by atoms with Crippen molar-refractivity contribution in [2.24, 2.45) is 0 Å². The van der Waals surface area contributed by atoms with Crippen molar-refractivity contribution in [3.63, 3.8) is 0 Å². The normalized spacial score (nSPS) is 11.7. The number of esters is 1. The lowest BCUT2D eigenvalue weighted by Gasteiger charge is -2.13. The molecule has 1 unspecified atom stereocenters. The largest absolute Gasteiger partial charge is 0.493 e. The molecule has 0 aliphatic heterocycles. The molecule has 0 aliphatic rings. The van der Waals surface area contributed by atoms with Gasteiger partial charge in [0, 0.05) is 17.6 Å². The fourth-order valence-corrected chi connectivity index (χ4v) is 2.56. The maximum atomic E-state index is 12.1. The van der Waals surface area contributed by atoms with Gasteiger partial charge in [-0.2, -0.15) is 0 Å². The maximum Gasteiger partial charge on any atom is 0.331 e. The molecule has 1 atom stereocenters. The van der Waals surface area contributed by atoms with Crippen LogP contribution in [0.15, 0.2) is 48.5 Å². The van der Waals surface area contributed by atoms with Crippen molar-refractivity contribution in [1.29, 1.82) is 0 Å². The van der Waals surface area contributed by atoms with Gasteiger partial charge in [0.15, 0.2) is 17.6 Å². The van der Waals surface area contributed by atoms with Gasteiger partial charge in [0.05, 0.1) is 14.2 Å². The number of benzene rings is 2. The summed E-state index contributed by atoms with van der Waals surface area (Å²) in [5.41, 5.74) is 1.51. The minimum Gasteiger partial charge on any atom is -0.493 e. The molecular formula is C21H22ClNO5. The summed E-state index contributed by atoms with van der Waals surface area (Å²) in [4.78, 5) is 24.1. The molecule has 148 valence electrons. The topological polar surface area (TPSA) is 73.9 Å². The first-order chi connectivity index (χ1) is 13.4. The third kappa shape index (κ3) is 6.03. The highest BCUT2D eigenvalue weighted by Crippen LogP contribution is 2.27. The fraction of sp³-hybridized carbons (Fsp3) is 0.238. The molecule has 0 heterocycles. The van der Waals surface area contributed by atoms with Crippen LogP contribution >= 0.6 is 11.6 Å². The van der Waals surface area contributed by atoms with E-state index in [-0.39, 0.29) is 6.54 Å². The molecule has 28 heavy (non-hydrogen) atoms. The summed E-state index contributed by atoms with van der Waals surface area (Å²) >= 11 is 6.05. The van der Waals surface area contributed by atoms with Crippen molar-refractivity contribution >= 4 is 29.6 Å². The van der Waals surface area contributed by atoms with Crippen molar-refractivity contribution in [3.8, 4) is 11.5 Å². The van der Waals surface area contributed by atoms with Crippen LogP contribution in [0.25, 0.3) is 6.08 Å². The average molecular weight is 404 g/mol. The Balaban J connectivity index is 1.88. The number of ether oxygens (including phenoxy) is 3. The highest BCUT2D eigenvalue weighted by Gasteiger charge is 2.16. The fourth-order valence-electron chi connectivity index (χ4n) is 2.36. The molecule has 6 nitrogen and oxygen atoms in total. The zero-order valence-electron chi connectivity index (χ0n) is 15.9. The first-order valence-electron chi connectivity index (χ1n) is 8.56. The number of hydrogen-bond donors (Lipinski definition) is 1. The first kappa shape index (κ1) is 21.3. The van der Waals surface area contributed by atoms with Crippen LogP contribution in [-0.2, 0) is 20.9 Å². The van der Waals surface area contributed by atoms with Crippen LogP contribution in [0.3, 0.4) is 0 Å². The standard InChI is InChI=1S/C21H22ClNO5/c1-14(21(25)23-13-16-6-4-5-7-17(16)22)28-20(24)11-9-15-8-10-18(26-2)19(12-15)27-3/h4-12,14H,13H2,1-3H3,(H,23,25)/b11-9+. The number of amides is 1. The van der Waals surface area contributed by atoms with E-state index in [0.29, 0.717) is 16.5 Å². The molecule has 2 aromatic rings. The van der Waals surface area contributed by atoms with Gasteiger partial charge in [-0.15, -0.1) is 0 Å². The molecule has 0 radical (unpaired) electrons. The van der Waals surface area contributed by atoms with Crippen LogP contribution in [0.1, 0.15) is 18.1 Å². The number of methoxy groups -OCH3 is 2. The predicted octanol–water partition coefficient (Wildman–Crippen LogP) is 3.62. The van der Waals surface area contributed by atoms with Gasteiger partial charge >= 0.3 is 5.97 Å². The van der Waals surface area contributed by atoms with Gasteiger partial charge in [0.1, 0.15) is 0 Å². The number of halogens is 1. The minimum atomic E-state index is -0.940. The molecule has 0 aliphatic carbocycles. The second-order valence-corrected chi connectivity index (χ2v) is 6.24. The number of carbonyl (C=O) groups is 2. The van der Waals surface area contributed by atoms with Gasteiger partial charge in [0.25, 0.3) is 5.91 Å². The lowest BCUT2D eigenvalue weighted by molar-refractivity contribution is -0.150. The Kier molecular flexibility index (Phi) is 7.89. The summed E-state index contributed by atoms with van der Waals surface area (Å²) in [7, 11) is 3.07. The van der Waals surface area contributed by atoms with E-state index in [1.54, 1.807) is 37.5 Å². The molecule has 7 heteroatoms. The van der Waals surface area contributed by atoms with E-state index in [9.17, 15) is 9.59 Å². The molecule has 1 amide bonds. The Hall–Kier alpha value is -2.99. The van der Waals surface area contributed by atoms with Crippen LogP contribution in [0.5, 0.6) is 11.5 Å². The molecule has 1 N–H and O–H groups in total. The predicted molar refractivity (Wildman–Crippen MR) is 107 cm³/mol. The summed E-state index contributed by atoms with van der Waals surface area (Å²) in [5, 5.41) is 3.25. The lowest BCUT2D eigenvalue weighted by Crippen LogP contribution is -2.35. The van der Waals surface area contributed by atoms with Gasteiger partial charge in [0.2, 0.25) is 0 Å². The number of nitrogens with one attached hydrogen (secondary N) is 1. The van der Waals surface area contributed by atoms with Crippen LogP contribution in [0, 0.1) is 0 Å². The summed E-state index contributed by atoms with van der Waals surface area (Å²) < 4.78 is 15.5. The van der Waals surface area contributed by atoms with Gasteiger partial charge in [-0.05, 0) is 42.3 Å². The van der Waals surface area contributed by atoms with E-state index in [2.05, 4.69) is 5.32 Å². The molecular weight excluding hydrogens is 382 g/mol. The summed E-state index contributed by atoms with van der Waals surface area (Å²) in [6.07, 6.45) is 1.88. The van der Waals surface area contributed by atoms with Gasteiger partial charge in [-0.1, -0.05) is 35.9 Å². The molecule has 0 saturated heterocycles. The number of rotatable bonds is 8. The van der Waals surface area contributed by atoms with Gasteiger partial charge in [-0.25, -0.2) is 4.79 Å². The molecule has 0 bridgehead atoms.